The van der Waals surface area contributed by atoms with Gasteiger partial charge in [0.2, 0.25) is 0 Å². The number of aromatic nitrogens is 3. The Bertz CT molecular complexity index is 302. The molecule has 2 atom stereocenters. The molecule has 1 aromatic heterocycles. The van der Waals surface area contributed by atoms with Crippen molar-refractivity contribution in [1.82, 2.24) is 14.8 Å². The van der Waals surface area contributed by atoms with E-state index in [1.807, 2.05) is 0 Å². The molecule has 3 heteroatoms. The Morgan fingerprint density at radius 1 is 1.36 bits per heavy atom. The third kappa shape index (κ3) is 0.549. The minimum atomic E-state index is 0.737. The standard InChI is InChI=1S/C8H11N3/c1-5-9-10-8-6-2-3-7(4-6)11(5)8/h6-7H,2-4H2,1H3. The van der Waals surface area contributed by atoms with Gasteiger partial charge in [0, 0.05) is 12.0 Å². The van der Waals surface area contributed by atoms with E-state index in [1.54, 1.807) is 0 Å². The fourth-order valence-electron chi connectivity index (χ4n) is 2.54. The molecule has 0 aromatic carbocycles. The molecule has 1 fully saturated rings. The maximum atomic E-state index is 4.19. The van der Waals surface area contributed by atoms with Crippen LogP contribution in [0.4, 0.5) is 0 Å². The summed E-state index contributed by atoms with van der Waals surface area (Å²) >= 11 is 0. The van der Waals surface area contributed by atoms with E-state index in [0.717, 1.165) is 17.8 Å². The van der Waals surface area contributed by atoms with Crippen molar-refractivity contribution >= 4 is 0 Å². The van der Waals surface area contributed by atoms with E-state index in [4.69, 9.17) is 0 Å². The molecule has 2 unspecified atom stereocenters. The van der Waals surface area contributed by atoms with Gasteiger partial charge in [-0.15, -0.1) is 10.2 Å². The first kappa shape index (κ1) is 5.75. The molecule has 11 heavy (non-hydrogen) atoms. The van der Waals surface area contributed by atoms with E-state index >= 15 is 0 Å². The van der Waals surface area contributed by atoms with Crippen LogP contribution in [0.15, 0.2) is 0 Å². The van der Waals surface area contributed by atoms with Gasteiger partial charge in [0.05, 0.1) is 0 Å². The number of rotatable bonds is 0. The van der Waals surface area contributed by atoms with Crippen LogP contribution in [-0.2, 0) is 0 Å². The van der Waals surface area contributed by atoms with Crippen LogP contribution >= 0.6 is 0 Å². The third-order valence-corrected chi connectivity index (χ3v) is 3.03. The molecule has 3 nitrogen and oxygen atoms in total. The van der Waals surface area contributed by atoms with Crippen LogP contribution in [0, 0.1) is 6.92 Å². The molecule has 1 saturated carbocycles. The van der Waals surface area contributed by atoms with E-state index < -0.39 is 0 Å². The highest BCUT2D eigenvalue weighted by atomic mass is 15.3. The Morgan fingerprint density at radius 3 is 3.09 bits per heavy atom. The average Bonchev–Trinajstić information content (AvgIpc) is 2.60. The second-order valence-electron chi connectivity index (χ2n) is 3.64. The summed E-state index contributed by atoms with van der Waals surface area (Å²) in [5.74, 6) is 3.09. The van der Waals surface area contributed by atoms with Crippen molar-refractivity contribution in [3.63, 3.8) is 0 Å². The number of hydrogen-bond donors (Lipinski definition) is 0. The Balaban J connectivity index is 2.25. The summed E-state index contributed by atoms with van der Waals surface area (Å²) in [6.07, 6.45) is 4.00. The Hall–Kier alpha value is -0.860. The van der Waals surface area contributed by atoms with E-state index in [-0.39, 0.29) is 0 Å². The van der Waals surface area contributed by atoms with Gasteiger partial charge in [-0.2, -0.15) is 0 Å². The quantitative estimate of drug-likeness (QED) is 0.558. The molecule has 0 saturated heterocycles. The lowest BCUT2D eigenvalue weighted by atomic mass is 10.1. The van der Waals surface area contributed by atoms with Crippen LogP contribution < -0.4 is 0 Å². The molecule has 0 spiro atoms. The zero-order valence-electron chi connectivity index (χ0n) is 6.62. The van der Waals surface area contributed by atoms with Crippen LogP contribution in [0.25, 0.3) is 0 Å². The minimum absolute atomic E-state index is 0.737. The summed E-state index contributed by atoms with van der Waals surface area (Å²) < 4.78 is 2.33. The molecule has 1 aromatic rings. The lowest BCUT2D eigenvalue weighted by molar-refractivity contribution is 0.514. The zero-order valence-corrected chi connectivity index (χ0v) is 6.62. The molecule has 3 rings (SSSR count). The molecule has 2 aliphatic rings. The summed E-state index contributed by atoms with van der Waals surface area (Å²) in [6, 6.07) is 0.741. The van der Waals surface area contributed by atoms with Gasteiger partial charge in [-0.3, -0.25) is 0 Å². The Labute approximate surface area is 65.4 Å². The highest BCUT2D eigenvalue weighted by Crippen LogP contribution is 2.47. The van der Waals surface area contributed by atoms with Gasteiger partial charge in [0.1, 0.15) is 11.6 Å². The lowest BCUT2D eigenvalue weighted by Crippen LogP contribution is -2.07. The van der Waals surface area contributed by atoms with Crippen LogP contribution in [0.5, 0.6) is 0 Å². The molecule has 58 valence electrons. The molecule has 0 amide bonds. The van der Waals surface area contributed by atoms with Crippen molar-refractivity contribution in [1.29, 1.82) is 0 Å². The topological polar surface area (TPSA) is 30.7 Å². The lowest BCUT2D eigenvalue weighted by Gasteiger charge is -2.12. The molecule has 1 aliphatic carbocycles. The summed E-state index contributed by atoms with van der Waals surface area (Å²) in [5.41, 5.74) is 0. The van der Waals surface area contributed by atoms with Crippen molar-refractivity contribution in [3.05, 3.63) is 11.6 Å². The molecular formula is C8H11N3. The van der Waals surface area contributed by atoms with Crippen LogP contribution in [-0.4, -0.2) is 14.8 Å². The van der Waals surface area contributed by atoms with E-state index in [0.29, 0.717) is 0 Å². The van der Waals surface area contributed by atoms with Crippen molar-refractivity contribution in [2.24, 2.45) is 0 Å². The summed E-state index contributed by atoms with van der Waals surface area (Å²) in [5, 5.41) is 8.28. The summed E-state index contributed by atoms with van der Waals surface area (Å²) in [7, 11) is 0. The molecule has 0 N–H and O–H groups in total. The van der Waals surface area contributed by atoms with Gasteiger partial charge in [-0.05, 0) is 26.2 Å². The minimum Gasteiger partial charge on any atom is -0.312 e. The van der Waals surface area contributed by atoms with E-state index in [9.17, 15) is 0 Å². The van der Waals surface area contributed by atoms with Crippen molar-refractivity contribution in [3.8, 4) is 0 Å². The predicted molar refractivity (Wildman–Crippen MR) is 40.4 cm³/mol. The summed E-state index contributed by atoms with van der Waals surface area (Å²) in [4.78, 5) is 0. The van der Waals surface area contributed by atoms with Crippen LogP contribution in [0.2, 0.25) is 0 Å². The van der Waals surface area contributed by atoms with Gasteiger partial charge in [-0.25, -0.2) is 0 Å². The van der Waals surface area contributed by atoms with Gasteiger partial charge >= 0.3 is 0 Å². The number of nitrogens with zero attached hydrogens (tertiary/aromatic N) is 3. The fraction of sp³-hybridized carbons (Fsp3) is 0.750. The Morgan fingerprint density at radius 2 is 2.27 bits per heavy atom. The highest BCUT2D eigenvalue weighted by molar-refractivity contribution is 5.14. The number of aryl methyl sites for hydroxylation is 1. The third-order valence-electron chi connectivity index (χ3n) is 3.03. The SMILES string of the molecule is Cc1nnc2n1C1CCC2C1. The average molecular weight is 149 g/mol. The first-order chi connectivity index (χ1) is 5.36. The molecule has 2 heterocycles. The van der Waals surface area contributed by atoms with Crippen molar-refractivity contribution < 1.29 is 0 Å². The fourth-order valence-corrected chi connectivity index (χ4v) is 2.54. The maximum absolute atomic E-state index is 4.19. The second-order valence-corrected chi connectivity index (χ2v) is 3.64. The number of fused-ring (bicyclic) bond motifs is 5. The van der Waals surface area contributed by atoms with Gasteiger partial charge in [0.25, 0.3) is 0 Å². The molecule has 2 bridgehead atoms. The normalized spacial score (nSPS) is 32.8. The first-order valence-corrected chi connectivity index (χ1v) is 4.27. The molecular weight excluding hydrogens is 138 g/mol. The van der Waals surface area contributed by atoms with E-state index in [1.165, 1.54) is 25.1 Å². The number of hydrogen-bond acceptors (Lipinski definition) is 2. The van der Waals surface area contributed by atoms with Crippen LogP contribution in [0.1, 0.15) is 42.9 Å². The zero-order chi connectivity index (χ0) is 7.42. The van der Waals surface area contributed by atoms with E-state index in [2.05, 4.69) is 21.7 Å². The second kappa shape index (κ2) is 1.65. The Kier molecular flexibility index (Phi) is 0.864. The van der Waals surface area contributed by atoms with Gasteiger partial charge in [-0.1, -0.05) is 0 Å². The maximum Gasteiger partial charge on any atom is 0.136 e. The van der Waals surface area contributed by atoms with Crippen LogP contribution in [0.3, 0.4) is 0 Å². The molecule has 1 aliphatic heterocycles. The smallest absolute Gasteiger partial charge is 0.136 e. The largest absolute Gasteiger partial charge is 0.312 e. The van der Waals surface area contributed by atoms with Gasteiger partial charge < -0.3 is 4.57 Å². The predicted octanol–water partition coefficient (Wildman–Crippen LogP) is 1.41. The van der Waals surface area contributed by atoms with Crippen molar-refractivity contribution in [2.75, 3.05) is 0 Å². The first-order valence-electron chi connectivity index (χ1n) is 4.27. The molecule has 0 radical (unpaired) electrons. The summed E-state index contributed by atoms with van der Waals surface area (Å²) in [6.45, 7) is 2.05. The monoisotopic (exact) mass is 149 g/mol. The van der Waals surface area contributed by atoms with Crippen molar-refractivity contribution in [2.45, 2.75) is 38.1 Å². The highest BCUT2D eigenvalue weighted by Gasteiger charge is 2.39. The van der Waals surface area contributed by atoms with Gasteiger partial charge in [0.15, 0.2) is 0 Å².